The molecule has 15 heavy (non-hydrogen) atoms. The Morgan fingerprint density at radius 3 is 2.20 bits per heavy atom. The number of rotatable bonds is 1. The van der Waals surface area contributed by atoms with Gasteiger partial charge in [-0.2, -0.15) is 0 Å². The van der Waals surface area contributed by atoms with Gasteiger partial charge in [0.1, 0.15) is 11.3 Å². The molecule has 0 spiro atoms. The SMILES string of the molecule is CC(C)(C)OC(=O)C(N)=C1CCCCC1. The Morgan fingerprint density at radius 2 is 1.73 bits per heavy atom. The van der Waals surface area contributed by atoms with Crippen molar-refractivity contribution >= 4 is 5.97 Å². The molecule has 1 saturated carbocycles. The van der Waals surface area contributed by atoms with E-state index < -0.39 is 5.60 Å². The highest BCUT2D eigenvalue weighted by Gasteiger charge is 2.21. The topological polar surface area (TPSA) is 52.3 Å². The first kappa shape index (κ1) is 12.1. The molecule has 1 aliphatic rings. The van der Waals surface area contributed by atoms with Gasteiger partial charge in [-0.25, -0.2) is 4.79 Å². The van der Waals surface area contributed by atoms with Crippen molar-refractivity contribution in [1.82, 2.24) is 0 Å². The molecule has 0 aromatic carbocycles. The Labute approximate surface area is 91.7 Å². The molecule has 3 nitrogen and oxygen atoms in total. The van der Waals surface area contributed by atoms with Crippen LogP contribution in [0.15, 0.2) is 11.3 Å². The second-order valence-corrected chi connectivity index (χ2v) is 5.08. The fourth-order valence-corrected chi connectivity index (χ4v) is 1.73. The van der Waals surface area contributed by atoms with E-state index in [2.05, 4.69) is 0 Å². The second-order valence-electron chi connectivity index (χ2n) is 5.08. The first-order valence-electron chi connectivity index (χ1n) is 5.61. The average Bonchev–Trinajstić information content (AvgIpc) is 2.15. The van der Waals surface area contributed by atoms with E-state index in [1.165, 1.54) is 6.42 Å². The molecule has 0 heterocycles. The number of allylic oxidation sites excluding steroid dienone is 1. The predicted molar refractivity (Wildman–Crippen MR) is 60.1 cm³/mol. The van der Waals surface area contributed by atoms with Crippen molar-refractivity contribution in [1.29, 1.82) is 0 Å². The molecule has 0 aromatic rings. The summed E-state index contributed by atoms with van der Waals surface area (Å²) in [6.45, 7) is 5.55. The molecule has 0 aliphatic heterocycles. The highest BCUT2D eigenvalue weighted by molar-refractivity contribution is 5.88. The fraction of sp³-hybridized carbons (Fsp3) is 0.750. The van der Waals surface area contributed by atoms with Crippen molar-refractivity contribution in [3.05, 3.63) is 11.3 Å². The van der Waals surface area contributed by atoms with E-state index in [-0.39, 0.29) is 5.97 Å². The van der Waals surface area contributed by atoms with E-state index in [9.17, 15) is 4.79 Å². The zero-order chi connectivity index (χ0) is 11.5. The third-order valence-corrected chi connectivity index (χ3v) is 2.46. The minimum absolute atomic E-state index is 0.338. The van der Waals surface area contributed by atoms with E-state index in [1.807, 2.05) is 20.8 Å². The summed E-state index contributed by atoms with van der Waals surface area (Å²) in [6, 6.07) is 0. The summed E-state index contributed by atoms with van der Waals surface area (Å²) in [4.78, 5) is 11.7. The molecule has 86 valence electrons. The van der Waals surface area contributed by atoms with E-state index >= 15 is 0 Å². The molecule has 0 atom stereocenters. The first-order chi connectivity index (χ1) is 6.90. The van der Waals surface area contributed by atoms with Gasteiger partial charge in [0, 0.05) is 0 Å². The van der Waals surface area contributed by atoms with Gasteiger partial charge in [-0.05, 0) is 52.0 Å². The standard InChI is InChI=1S/C12H21NO2/c1-12(2,3)15-11(14)10(13)9-7-5-4-6-8-9/h4-8,13H2,1-3H3. The normalized spacial score (nSPS) is 17.4. The van der Waals surface area contributed by atoms with Gasteiger partial charge in [-0.1, -0.05) is 6.42 Å². The van der Waals surface area contributed by atoms with Gasteiger partial charge in [0.25, 0.3) is 0 Å². The van der Waals surface area contributed by atoms with Crippen LogP contribution in [-0.4, -0.2) is 11.6 Å². The van der Waals surface area contributed by atoms with Gasteiger partial charge in [-0.15, -0.1) is 0 Å². The van der Waals surface area contributed by atoms with Crippen molar-refractivity contribution < 1.29 is 9.53 Å². The highest BCUT2D eigenvalue weighted by atomic mass is 16.6. The average molecular weight is 211 g/mol. The van der Waals surface area contributed by atoms with Gasteiger partial charge in [0.15, 0.2) is 0 Å². The van der Waals surface area contributed by atoms with Crippen LogP contribution < -0.4 is 5.73 Å². The second kappa shape index (κ2) is 4.69. The molecule has 0 bridgehead atoms. The van der Waals surface area contributed by atoms with Crippen LogP contribution in [0.4, 0.5) is 0 Å². The third-order valence-electron chi connectivity index (χ3n) is 2.46. The first-order valence-corrected chi connectivity index (χ1v) is 5.61. The largest absolute Gasteiger partial charge is 0.455 e. The number of nitrogens with two attached hydrogens (primary N) is 1. The van der Waals surface area contributed by atoms with Gasteiger partial charge in [0.05, 0.1) is 0 Å². The predicted octanol–water partition coefficient (Wildman–Crippen LogP) is 2.51. The smallest absolute Gasteiger partial charge is 0.354 e. The molecule has 2 N–H and O–H groups in total. The van der Waals surface area contributed by atoms with Crippen molar-refractivity contribution in [3.8, 4) is 0 Å². The van der Waals surface area contributed by atoms with Gasteiger partial charge >= 0.3 is 5.97 Å². The Balaban J connectivity index is 2.65. The van der Waals surface area contributed by atoms with Crippen molar-refractivity contribution in [2.45, 2.75) is 58.5 Å². The maximum atomic E-state index is 11.7. The lowest BCUT2D eigenvalue weighted by atomic mass is 9.93. The van der Waals surface area contributed by atoms with Gasteiger partial charge in [-0.3, -0.25) is 0 Å². The third kappa shape index (κ3) is 3.94. The number of carbonyl (C=O) groups excluding carboxylic acids is 1. The highest BCUT2D eigenvalue weighted by Crippen LogP contribution is 2.25. The molecule has 1 rings (SSSR count). The summed E-state index contributed by atoms with van der Waals surface area (Å²) < 4.78 is 5.23. The molecule has 3 heteroatoms. The minimum Gasteiger partial charge on any atom is -0.455 e. The summed E-state index contributed by atoms with van der Waals surface area (Å²) in [7, 11) is 0. The number of hydrogen-bond donors (Lipinski definition) is 1. The van der Waals surface area contributed by atoms with E-state index in [0.717, 1.165) is 31.3 Å². The molecule has 1 aliphatic carbocycles. The number of ether oxygens (including phenoxy) is 1. The molecule has 0 amide bonds. The number of carbonyl (C=O) groups is 1. The van der Waals surface area contributed by atoms with Crippen molar-refractivity contribution in [2.75, 3.05) is 0 Å². The van der Waals surface area contributed by atoms with E-state index in [1.54, 1.807) is 0 Å². The zero-order valence-corrected chi connectivity index (χ0v) is 9.93. The van der Waals surface area contributed by atoms with Gasteiger partial charge in [0.2, 0.25) is 0 Å². The monoisotopic (exact) mass is 211 g/mol. The molecule has 0 saturated heterocycles. The summed E-state index contributed by atoms with van der Waals surface area (Å²) >= 11 is 0. The Morgan fingerprint density at radius 1 is 1.20 bits per heavy atom. The van der Waals surface area contributed by atoms with Crippen LogP contribution in [0.2, 0.25) is 0 Å². The Bertz CT molecular complexity index is 266. The lowest BCUT2D eigenvalue weighted by Crippen LogP contribution is -2.28. The molecule has 0 unspecified atom stereocenters. The van der Waals surface area contributed by atoms with Gasteiger partial charge < -0.3 is 10.5 Å². The molecular formula is C12H21NO2. The van der Waals surface area contributed by atoms with Crippen LogP contribution in [0.5, 0.6) is 0 Å². The maximum absolute atomic E-state index is 11.7. The zero-order valence-electron chi connectivity index (χ0n) is 9.93. The minimum atomic E-state index is -0.461. The number of esters is 1. The Kier molecular flexibility index (Phi) is 3.77. The quantitative estimate of drug-likeness (QED) is 0.535. The van der Waals surface area contributed by atoms with Crippen LogP contribution >= 0.6 is 0 Å². The fourth-order valence-electron chi connectivity index (χ4n) is 1.73. The van der Waals surface area contributed by atoms with Crippen LogP contribution in [0.3, 0.4) is 0 Å². The lowest BCUT2D eigenvalue weighted by Gasteiger charge is -2.21. The van der Waals surface area contributed by atoms with Crippen LogP contribution in [-0.2, 0) is 9.53 Å². The lowest BCUT2D eigenvalue weighted by molar-refractivity contribution is -0.150. The summed E-state index contributed by atoms with van der Waals surface area (Å²) in [5.41, 5.74) is 6.76. The molecular weight excluding hydrogens is 190 g/mol. The van der Waals surface area contributed by atoms with E-state index in [0.29, 0.717) is 5.70 Å². The summed E-state index contributed by atoms with van der Waals surface area (Å²) in [6.07, 6.45) is 5.42. The van der Waals surface area contributed by atoms with Crippen LogP contribution in [0.25, 0.3) is 0 Å². The molecule has 1 fully saturated rings. The van der Waals surface area contributed by atoms with Crippen molar-refractivity contribution in [2.24, 2.45) is 5.73 Å². The van der Waals surface area contributed by atoms with Crippen molar-refractivity contribution in [3.63, 3.8) is 0 Å². The van der Waals surface area contributed by atoms with Crippen LogP contribution in [0.1, 0.15) is 52.9 Å². The summed E-state index contributed by atoms with van der Waals surface area (Å²) in [5, 5.41) is 0. The molecule has 0 radical (unpaired) electrons. The Hall–Kier alpha value is -0.990. The summed E-state index contributed by atoms with van der Waals surface area (Å²) in [5.74, 6) is -0.362. The van der Waals surface area contributed by atoms with E-state index in [4.69, 9.17) is 10.5 Å². The maximum Gasteiger partial charge on any atom is 0.354 e. The number of hydrogen-bond acceptors (Lipinski definition) is 3. The molecule has 0 aromatic heterocycles. The van der Waals surface area contributed by atoms with Crippen LogP contribution in [0, 0.1) is 0 Å².